The molecule has 1 heterocycles. The van der Waals surface area contributed by atoms with E-state index in [2.05, 4.69) is 15.9 Å². The molecule has 1 aliphatic rings. The molecule has 1 aromatic carbocycles. The lowest BCUT2D eigenvalue weighted by Gasteiger charge is -2.18. The number of nitrogens with zero attached hydrogens (tertiary/aromatic N) is 1. The van der Waals surface area contributed by atoms with Crippen LogP contribution in [0.3, 0.4) is 0 Å². The van der Waals surface area contributed by atoms with Crippen molar-refractivity contribution in [1.82, 2.24) is 0 Å². The molecule has 86 valence electrons. The molecule has 0 radical (unpaired) electrons. The minimum atomic E-state index is 0.110. The van der Waals surface area contributed by atoms with Gasteiger partial charge in [0, 0.05) is 13.0 Å². The molecule has 3 nitrogen and oxygen atoms in total. The fourth-order valence-corrected chi connectivity index (χ4v) is 2.52. The molecule has 16 heavy (non-hydrogen) atoms. The van der Waals surface area contributed by atoms with E-state index in [9.17, 15) is 4.79 Å². The normalized spacial score (nSPS) is 20.6. The van der Waals surface area contributed by atoms with Gasteiger partial charge in [0.2, 0.25) is 5.91 Å². The Balaban J connectivity index is 2.31. The summed E-state index contributed by atoms with van der Waals surface area (Å²) in [6.07, 6.45) is 0.523. The number of anilines is 1. The predicted molar refractivity (Wildman–Crippen MR) is 68.7 cm³/mol. The summed E-state index contributed by atoms with van der Waals surface area (Å²) in [5, 5.41) is 0.612. The van der Waals surface area contributed by atoms with Gasteiger partial charge in [-0.05, 0) is 40.5 Å². The molecular weight excluding hydrogens is 291 g/mol. The second kappa shape index (κ2) is 4.73. The second-order valence-electron chi connectivity index (χ2n) is 3.88. The van der Waals surface area contributed by atoms with Crippen LogP contribution in [0.15, 0.2) is 22.7 Å². The Bertz CT molecular complexity index is 424. The number of carbonyl (C=O) groups is 1. The molecule has 5 heteroatoms. The Morgan fingerprint density at radius 2 is 2.31 bits per heavy atom. The average molecular weight is 304 g/mol. The van der Waals surface area contributed by atoms with Crippen molar-refractivity contribution in [2.75, 3.05) is 18.0 Å². The topological polar surface area (TPSA) is 46.3 Å². The summed E-state index contributed by atoms with van der Waals surface area (Å²) in [5.74, 6) is 0.358. The monoisotopic (exact) mass is 302 g/mol. The number of hydrogen-bond acceptors (Lipinski definition) is 2. The van der Waals surface area contributed by atoms with Crippen LogP contribution in [-0.2, 0) is 4.79 Å². The molecule has 0 spiro atoms. The largest absolute Gasteiger partial charge is 0.330 e. The summed E-state index contributed by atoms with van der Waals surface area (Å²) in [6, 6.07) is 5.51. The molecule has 2 rings (SSSR count). The minimum absolute atomic E-state index is 0.110. The molecule has 0 saturated carbocycles. The summed E-state index contributed by atoms with van der Waals surface area (Å²) < 4.78 is 0.766. The van der Waals surface area contributed by atoms with Crippen molar-refractivity contribution in [3.63, 3.8) is 0 Å². The number of carbonyl (C=O) groups excluding carboxylic acids is 1. The van der Waals surface area contributed by atoms with Gasteiger partial charge in [-0.3, -0.25) is 4.79 Å². The minimum Gasteiger partial charge on any atom is -0.330 e. The molecule has 1 aromatic rings. The van der Waals surface area contributed by atoms with Crippen LogP contribution in [0.25, 0.3) is 0 Å². The summed E-state index contributed by atoms with van der Waals surface area (Å²) in [4.78, 5) is 13.6. The van der Waals surface area contributed by atoms with E-state index in [1.54, 1.807) is 11.0 Å². The van der Waals surface area contributed by atoms with Gasteiger partial charge in [0.15, 0.2) is 0 Å². The van der Waals surface area contributed by atoms with Crippen molar-refractivity contribution in [3.8, 4) is 0 Å². The Hall–Kier alpha value is -0.580. The van der Waals surface area contributed by atoms with Gasteiger partial charge in [-0.25, -0.2) is 0 Å². The zero-order chi connectivity index (χ0) is 11.7. The van der Waals surface area contributed by atoms with Crippen molar-refractivity contribution < 1.29 is 4.79 Å². The van der Waals surface area contributed by atoms with Gasteiger partial charge in [-0.1, -0.05) is 17.7 Å². The molecule has 1 unspecified atom stereocenters. The van der Waals surface area contributed by atoms with Crippen molar-refractivity contribution in [2.45, 2.75) is 6.42 Å². The van der Waals surface area contributed by atoms with E-state index in [0.29, 0.717) is 24.5 Å². The molecule has 1 atom stereocenters. The van der Waals surface area contributed by atoms with Crippen LogP contribution < -0.4 is 10.6 Å². The zero-order valence-corrected chi connectivity index (χ0v) is 11.0. The first-order chi connectivity index (χ1) is 7.63. The summed E-state index contributed by atoms with van der Waals surface area (Å²) in [6.45, 7) is 1.22. The maximum atomic E-state index is 11.8. The third-order valence-electron chi connectivity index (χ3n) is 2.76. The standard InChI is InChI=1S/C11H12BrClN2O/c12-11-8(13)2-1-3-9(11)15-6-7(5-14)4-10(15)16/h1-3,7H,4-6,14H2. The van der Waals surface area contributed by atoms with Crippen molar-refractivity contribution >= 4 is 39.1 Å². The van der Waals surface area contributed by atoms with Crippen molar-refractivity contribution in [2.24, 2.45) is 11.7 Å². The van der Waals surface area contributed by atoms with Gasteiger partial charge in [0.05, 0.1) is 15.2 Å². The highest BCUT2D eigenvalue weighted by atomic mass is 79.9. The highest BCUT2D eigenvalue weighted by molar-refractivity contribution is 9.10. The van der Waals surface area contributed by atoms with E-state index in [4.69, 9.17) is 17.3 Å². The Morgan fingerprint density at radius 3 is 2.94 bits per heavy atom. The first-order valence-electron chi connectivity index (χ1n) is 5.08. The number of amides is 1. The van der Waals surface area contributed by atoms with Crippen molar-refractivity contribution in [3.05, 3.63) is 27.7 Å². The zero-order valence-electron chi connectivity index (χ0n) is 8.62. The van der Waals surface area contributed by atoms with Gasteiger partial charge < -0.3 is 10.6 Å². The Kier molecular flexibility index (Phi) is 3.52. The third kappa shape index (κ3) is 2.10. The van der Waals surface area contributed by atoms with Crippen LogP contribution in [0.4, 0.5) is 5.69 Å². The highest BCUT2D eigenvalue weighted by Gasteiger charge is 2.30. The maximum Gasteiger partial charge on any atom is 0.227 e. The molecule has 1 amide bonds. The first kappa shape index (κ1) is 11.9. The van der Waals surface area contributed by atoms with Crippen LogP contribution in [0.1, 0.15) is 6.42 Å². The van der Waals surface area contributed by atoms with E-state index in [1.165, 1.54) is 0 Å². The van der Waals surface area contributed by atoms with Gasteiger partial charge in [0.1, 0.15) is 0 Å². The highest BCUT2D eigenvalue weighted by Crippen LogP contribution is 2.35. The molecule has 0 bridgehead atoms. The number of halogens is 2. The molecule has 0 aliphatic carbocycles. The second-order valence-corrected chi connectivity index (χ2v) is 5.08. The third-order valence-corrected chi connectivity index (χ3v) is 4.14. The van der Waals surface area contributed by atoms with Crippen LogP contribution in [-0.4, -0.2) is 19.0 Å². The Morgan fingerprint density at radius 1 is 1.56 bits per heavy atom. The van der Waals surface area contributed by atoms with E-state index >= 15 is 0 Å². The van der Waals surface area contributed by atoms with Gasteiger partial charge in [0.25, 0.3) is 0 Å². The fourth-order valence-electron chi connectivity index (χ4n) is 1.87. The lowest BCUT2D eigenvalue weighted by molar-refractivity contribution is -0.117. The van der Waals surface area contributed by atoms with Gasteiger partial charge in [-0.2, -0.15) is 0 Å². The molecule has 0 aromatic heterocycles. The maximum absolute atomic E-state index is 11.8. The Labute approximate surface area is 108 Å². The van der Waals surface area contributed by atoms with E-state index in [0.717, 1.165) is 10.2 Å². The molecule has 2 N–H and O–H groups in total. The molecule has 1 fully saturated rings. The van der Waals surface area contributed by atoms with Crippen LogP contribution in [0.5, 0.6) is 0 Å². The molecular formula is C11H12BrClN2O. The first-order valence-corrected chi connectivity index (χ1v) is 6.25. The summed E-state index contributed by atoms with van der Waals surface area (Å²) in [5.41, 5.74) is 6.41. The average Bonchev–Trinajstić information content (AvgIpc) is 2.64. The van der Waals surface area contributed by atoms with E-state index < -0.39 is 0 Å². The smallest absolute Gasteiger partial charge is 0.227 e. The molecule has 1 aliphatic heterocycles. The lowest BCUT2D eigenvalue weighted by atomic mass is 10.1. The van der Waals surface area contributed by atoms with E-state index in [1.807, 2.05) is 12.1 Å². The van der Waals surface area contributed by atoms with Gasteiger partial charge >= 0.3 is 0 Å². The molecule has 1 saturated heterocycles. The lowest BCUT2D eigenvalue weighted by Crippen LogP contribution is -2.26. The predicted octanol–water partition coefficient (Wildman–Crippen LogP) is 2.41. The van der Waals surface area contributed by atoms with Crippen LogP contribution in [0, 0.1) is 5.92 Å². The number of hydrogen-bond donors (Lipinski definition) is 1. The van der Waals surface area contributed by atoms with Crippen LogP contribution >= 0.6 is 27.5 Å². The number of nitrogens with two attached hydrogens (primary N) is 1. The quantitative estimate of drug-likeness (QED) is 0.912. The summed E-state index contributed by atoms with van der Waals surface area (Å²) >= 11 is 9.40. The SMILES string of the molecule is NCC1CC(=O)N(c2cccc(Cl)c2Br)C1. The summed E-state index contributed by atoms with van der Waals surface area (Å²) in [7, 11) is 0. The van der Waals surface area contributed by atoms with Crippen molar-refractivity contribution in [1.29, 1.82) is 0 Å². The number of benzene rings is 1. The van der Waals surface area contributed by atoms with Crippen LogP contribution in [0.2, 0.25) is 5.02 Å². The fraction of sp³-hybridized carbons (Fsp3) is 0.364. The number of rotatable bonds is 2. The van der Waals surface area contributed by atoms with E-state index in [-0.39, 0.29) is 11.8 Å². The van der Waals surface area contributed by atoms with Gasteiger partial charge in [-0.15, -0.1) is 0 Å².